The number of rotatable bonds is 3. The lowest BCUT2D eigenvalue weighted by Gasteiger charge is -2.40. The molecule has 1 aromatic heterocycles. The van der Waals surface area contributed by atoms with Crippen LogP contribution < -0.4 is 5.43 Å². The molecule has 1 aliphatic heterocycles. The summed E-state index contributed by atoms with van der Waals surface area (Å²) in [4.78, 5) is 12.7. The maximum absolute atomic E-state index is 12.7. The van der Waals surface area contributed by atoms with Gasteiger partial charge >= 0.3 is 0 Å². The van der Waals surface area contributed by atoms with Gasteiger partial charge in [-0.1, -0.05) is 0 Å². The van der Waals surface area contributed by atoms with Gasteiger partial charge in [0.15, 0.2) is 11.0 Å². The Morgan fingerprint density at radius 3 is 2.19 bits per heavy atom. The van der Waals surface area contributed by atoms with Crippen LogP contribution in [0.2, 0.25) is 0 Å². The zero-order chi connectivity index (χ0) is 22.4. The molecule has 0 radical (unpaired) electrons. The molecule has 4 rings (SSSR count). The molecule has 0 amide bonds. The monoisotopic (exact) mass is 432 g/mol. The van der Waals surface area contributed by atoms with E-state index in [-0.39, 0.29) is 28.0 Å². The Balaban J connectivity index is 1.96. The second kappa shape index (κ2) is 7.84. The minimum Gasteiger partial charge on any atom is -0.508 e. The molecule has 10 nitrogen and oxygen atoms in total. The van der Waals surface area contributed by atoms with Crippen LogP contribution in [-0.4, -0.2) is 66.8 Å². The average Bonchev–Trinajstić information content (AvgIpc) is 2.73. The summed E-state index contributed by atoms with van der Waals surface area (Å²) >= 11 is 0. The molecule has 1 saturated heterocycles. The van der Waals surface area contributed by atoms with Gasteiger partial charge in [0.25, 0.3) is 0 Å². The molecule has 0 spiro atoms. The van der Waals surface area contributed by atoms with Crippen LogP contribution in [0.4, 0.5) is 0 Å². The van der Waals surface area contributed by atoms with Crippen molar-refractivity contribution < 1.29 is 44.9 Å². The molecule has 164 valence electrons. The normalized spacial score (nSPS) is 26.3. The first-order chi connectivity index (χ1) is 14.7. The van der Waals surface area contributed by atoms with Crippen molar-refractivity contribution in [3.05, 3.63) is 52.2 Å². The highest BCUT2D eigenvalue weighted by molar-refractivity contribution is 5.89. The molecule has 3 aromatic rings. The lowest BCUT2D eigenvalue weighted by atomic mass is 9.89. The molecule has 7 N–H and O–H groups in total. The van der Waals surface area contributed by atoms with Crippen LogP contribution in [0, 0.1) is 0 Å². The van der Waals surface area contributed by atoms with Gasteiger partial charge < -0.3 is 44.9 Å². The summed E-state index contributed by atoms with van der Waals surface area (Å²) in [6, 6.07) is 7.69. The number of aliphatic hydroxyl groups excluding tert-OH is 4. The largest absolute Gasteiger partial charge is 0.508 e. The SMILES string of the molecule is O=c1cc(-c2ccc(O)cc2)oc2c([C@@H]3O[C@@H](CO)[C@@H](O)[C@@H](O)[C@@H]3O)c(O)cc(O)c12. The highest BCUT2D eigenvalue weighted by atomic mass is 16.5. The predicted molar refractivity (Wildman–Crippen MR) is 106 cm³/mol. The molecule has 0 aliphatic carbocycles. The first-order valence-electron chi connectivity index (χ1n) is 9.35. The van der Waals surface area contributed by atoms with Gasteiger partial charge in [-0.05, 0) is 24.3 Å². The van der Waals surface area contributed by atoms with Crippen molar-refractivity contribution in [2.24, 2.45) is 0 Å². The molecule has 2 aromatic carbocycles. The molecule has 31 heavy (non-hydrogen) atoms. The average molecular weight is 432 g/mol. The van der Waals surface area contributed by atoms with E-state index in [1.165, 1.54) is 24.3 Å². The fourth-order valence-corrected chi connectivity index (χ4v) is 3.70. The number of aromatic hydroxyl groups is 3. The van der Waals surface area contributed by atoms with Crippen LogP contribution in [0.3, 0.4) is 0 Å². The maximum atomic E-state index is 12.7. The number of hydrogen-bond acceptors (Lipinski definition) is 10. The smallest absolute Gasteiger partial charge is 0.197 e. The van der Waals surface area contributed by atoms with Gasteiger partial charge in [-0.15, -0.1) is 0 Å². The molecule has 1 fully saturated rings. The van der Waals surface area contributed by atoms with E-state index in [1.807, 2.05) is 0 Å². The summed E-state index contributed by atoms with van der Waals surface area (Å²) in [5.74, 6) is -1.15. The summed E-state index contributed by atoms with van der Waals surface area (Å²) in [5.41, 5.74) is -0.813. The highest BCUT2D eigenvalue weighted by Crippen LogP contribution is 2.43. The van der Waals surface area contributed by atoms with E-state index in [1.54, 1.807) is 0 Å². The van der Waals surface area contributed by atoms with Crippen molar-refractivity contribution in [3.63, 3.8) is 0 Å². The first-order valence-corrected chi connectivity index (χ1v) is 9.35. The Kier molecular flexibility index (Phi) is 5.33. The first kappa shape index (κ1) is 21.1. The quantitative estimate of drug-likeness (QED) is 0.300. The van der Waals surface area contributed by atoms with Crippen LogP contribution >= 0.6 is 0 Å². The third-order valence-electron chi connectivity index (χ3n) is 5.33. The van der Waals surface area contributed by atoms with E-state index in [2.05, 4.69) is 0 Å². The fraction of sp³-hybridized carbons (Fsp3) is 0.286. The van der Waals surface area contributed by atoms with E-state index in [0.29, 0.717) is 5.56 Å². The number of phenolic OH excluding ortho intramolecular Hbond substituents is 3. The van der Waals surface area contributed by atoms with Gasteiger partial charge in [-0.3, -0.25) is 4.79 Å². The van der Waals surface area contributed by atoms with Gasteiger partial charge in [0.1, 0.15) is 58.9 Å². The molecule has 5 atom stereocenters. The van der Waals surface area contributed by atoms with E-state index < -0.39 is 54.1 Å². The minimum atomic E-state index is -1.75. The van der Waals surface area contributed by atoms with Gasteiger partial charge in [0.05, 0.1) is 12.2 Å². The second-order valence-corrected chi connectivity index (χ2v) is 7.30. The zero-order valence-corrected chi connectivity index (χ0v) is 15.9. The van der Waals surface area contributed by atoms with Crippen LogP contribution in [0.1, 0.15) is 11.7 Å². The van der Waals surface area contributed by atoms with Crippen molar-refractivity contribution in [3.8, 4) is 28.6 Å². The van der Waals surface area contributed by atoms with Crippen molar-refractivity contribution >= 4 is 11.0 Å². The zero-order valence-electron chi connectivity index (χ0n) is 15.9. The number of benzene rings is 2. The predicted octanol–water partition coefficient (Wildman–Crippen LogP) is 0.0917. The second-order valence-electron chi connectivity index (χ2n) is 7.30. The van der Waals surface area contributed by atoms with Crippen LogP contribution in [0.5, 0.6) is 17.2 Å². The molecule has 0 saturated carbocycles. The van der Waals surface area contributed by atoms with Crippen molar-refractivity contribution in [2.75, 3.05) is 6.61 Å². The van der Waals surface area contributed by atoms with Crippen molar-refractivity contribution in [2.45, 2.75) is 30.5 Å². The number of phenols is 3. The van der Waals surface area contributed by atoms with Gasteiger partial charge in [-0.2, -0.15) is 0 Å². The molecule has 0 bridgehead atoms. The Morgan fingerprint density at radius 1 is 0.871 bits per heavy atom. The Bertz CT molecular complexity index is 1170. The van der Waals surface area contributed by atoms with E-state index in [9.17, 15) is 40.5 Å². The summed E-state index contributed by atoms with van der Waals surface area (Å²) in [7, 11) is 0. The molecule has 0 unspecified atom stereocenters. The third-order valence-corrected chi connectivity index (χ3v) is 5.33. The maximum Gasteiger partial charge on any atom is 0.197 e. The number of fused-ring (bicyclic) bond motifs is 1. The van der Waals surface area contributed by atoms with Crippen molar-refractivity contribution in [1.82, 2.24) is 0 Å². The molecule has 1 aliphatic rings. The van der Waals surface area contributed by atoms with Gasteiger partial charge in [0, 0.05) is 17.7 Å². The van der Waals surface area contributed by atoms with Gasteiger partial charge in [-0.25, -0.2) is 0 Å². The minimum absolute atomic E-state index is 0.0100. The summed E-state index contributed by atoms with van der Waals surface area (Å²) in [6.07, 6.45) is -7.87. The van der Waals surface area contributed by atoms with E-state index >= 15 is 0 Å². The lowest BCUT2D eigenvalue weighted by molar-refractivity contribution is -0.231. The van der Waals surface area contributed by atoms with E-state index in [4.69, 9.17) is 9.15 Å². The fourth-order valence-electron chi connectivity index (χ4n) is 3.70. The molecule has 10 heteroatoms. The topological polar surface area (TPSA) is 181 Å². The lowest BCUT2D eigenvalue weighted by Crippen LogP contribution is -2.55. The molecule has 2 heterocycles. The van der Waals surface area contributed by atoms with Crippen molar-refractivity contribution in [1.29, 1.82) is 0 Å². The van der Waals surface area contributed by atoms with Crippen LogP contribution in [0.25, 0.3) is 22.3 Å². The van der Waals surface area contributed by atoms with Crippen LogP contribution in [0.15, 0.2) is 45.6 Å². The Hall–Kier alpha value is -3.15. The van der Waals surface area contributed by atoms with Gasteiger partial charge in [0.2, 0.25) is 0 Å². The highest BCUT2D eigenvalue weighted by Gasteiger charge is 2.46. The number of hydrogen-bond donors (Lipinski definition) is 7. The summed E-state index contributed by atoms with van der Waals surface area (Å²) < 4.78 is 11.3. The number of aliphatic hydroxyl groups is 4. The van der Waals surface area contributed by atoms with Crippen LogP contribution in [-0.2, 0) is 4.74 Å². The molecular weight excluding hydrogens is 412 g/mol. The summed E-state index contributed by atoms with van der Waals surface area (Å²) in [5, 5.41) is 70.0. The standard InChI is InChI=1S/C21H20O10/c22-7-14-17(27)18(28)19(29)21(31-14)16-11(25)5-10(24)15-12(26)6-13(30-20(15)16)8-1-3-9(23)4-2-8/h1-6,14,17-19,21-25,27-29H,7H2/t14-,17+,18+,19-,21-/m0/s1. The Labute approximate surface area is 174 Å². The third kappa shape index (κ3) is 3.50. The Morgan fingerprint density at radius 2 is 1.55 bits per heavy atom. The molecular formula is C21H20O10. The summed E-state index contributed by atoms with van der Waals surface area (Å²) in [6.45, 7) is -0.694. The van der Waals surface area contributed by atoms with E-state index in [0.717, 1.165) is 12.1 Å². The number of ether oxygens (including phenoxy) is 1.